The van der Waals surface area contributed by atoms with Crippen LogP contribution >= 0.6 is 11.6 Å². The number of nitrogens with one attached hydrogen (secondary N) is 2. The first-order valence-electron chi connectivity index (χ1n) is 7.79. The van der Waals surface area contributed by atoms with Crippen LogP contribution in [0.3, 0.4) is 0 Å². The molecule has 3 N–H and O–H groups in total. The van der Waals surface area contributed by atoms with E-state index in [9.17, 15) is 22.7 Å². The molecular weight excluding hydrogens is 409 g/mol. The number of aromatic carboxylic acids is 1. The lowest BCUT2D eigenvalue weighted by Gasteiger charge is -2.11. The molecule has 28 heavy (non-hydrogen) atoms. The molecule has 7 nitrogen and oxygen atoms in total. The predicted octanol–water partition coefficient (Wildman–Crippen LogP) is 4.12. The third-order valence-electron chi connectivity index (χ3n) is 3.64. The summed E-state index contributed by atoms with van der Waals surface area (Å²) in [5.41, 5.74) is -0.233. The third-order valence-corrected chi connectivity index (χ3v) is 5.23. The van der Waals surface area contributed by atoms with Gasteiger partial charge >= 0.3 is 5.97 Å². The van der Waals surface area contributed by atoms with Gasteiger partial charge < -0.3 is 10.4 Å². The summed E-state index contributed by atoms with van der Waals surface area (Å²) in [6, 6.07) is 12.3. The van der Waals surface area contributed by atoms with E-state index in [1.54, 1.807) is 6.07 Å². The second-order valence-corrected chi connectivity index (χ2v) is 7.70. The largest absolute Gasteiger partial charge is 0.478 e. The van der Waals surface area contributed by atoms with Crippen LogP contribution in [-0.4, -0.2) is 24.5 Å². The number of halogens is 2. The Kier molecular flexibility index (Phi) is 5.48. The Morgan fingerprint density at radius 3 is 2.46 bits per heavy atom. The van der Waals surface area contributed by atoms with Crippen LogP contribution in [0, 0.1) is 5.82 Å². The van der Waals surface area contributed by atoms with Crippen molar-refractivity contribution >= 4 is 44.8 Å². The standard InChI is InChI=1S/C18H13ClFN3O4S/c19-11-5-7-15(13(9-11)18(24)25)23-28(26,27)12-6-8-17(21-10-12)22-16-4-2-1-3-14(16)20/h1-10,23H,(H,21,22)(H,24,25). The Balaban J connectivity index is 1.83. The van der Waals surface area contributed by atoms with E-state index in [0.29, 0.717) is 0 Å². The average Bonchev–Trinajstić information content (AvgIpc) is 2.65. The second-order valence-electron chi connectivity index (χ2n) is 5.58. The molecule has 1 heterocycles. The summed E-state index contributed by atoms with van der Waals surface area (Å²) >= 11 is 5.76. The predicted molar refractivity (Wildman–Crippen MR) is 103 cm³/mol. The number of carbonyl (C=O) groups is 1. The molecule has 0 aliphatic heterocycles. The summed E-state index contributed by atoms with van der Waals surface area (Å²) in [6.07, 6.45) is 1.07. The molecule has 0 fully saturated rings. The number of nitrogens with zero attached hydrogens (tertiary/aromatic N) is 1. The van der Waals surface area contributed by atoms with Gasteiger partial charge in [0, 0.05) is 11.2 Å². The molecular formula is C18H13ClFN3O4S. The lowest BCUT2D eigenvalue weighted by Crippen LogP contribution is -2.16. The number of carboxylic acid groups (broad SMARTS) is 1. The van der Waals surface area contributed by atoms with E-state index in [1.165, 1.54) is 42.5 Å². The van der Waals surface area contributed by atoms with E-state index in [4.69, 9.17) is 11.6 Å². The second kappa shape index (κ2) is 7.83. The average molecular weight is 422 g/mol. The first-order valence-corrected chi connectivity index (χ1v) is 9.65. The molecule has 0 aliphatic rings. The Bertz CT molecular complexity index is 1140. The number of pyridine rings is 1. The molecule has 10 heteroatoms. The van der Waals surface area contributed by atoms with Gasteiger partial charge in [-0.3, -0.25) is 4.72 Å². The number of carboxylic acids is 1. The SMILES string of the molecule is O=C(O)c1cc(Cl)ccc1NS(=O)(=O)c1ccc(Nc2ccccc2F)nc1. The van der Waals surface area contributed by atoms with Gasteiger partial charge in [-0.05, 0) is 42.5 Å². The molecule has 2 aromatic carbocycles. The van der Waals surface area contributed by atoms with Gasteiger partial charge in [0.15, 0.2) is 0 Å². The number of benzene rings is 2. The summed E-state index contributed by atoms with van der Waals surface area (Å²) in [5, 5.41) is 12.1. The molecule has 0 spiro atoms. The van der Waals surface area contributed by atoms with Gasteiger partial charge in [-0.1, -0.05) is 23.7 Å². The quantitative estimate of drug-likeness (QED) is 0.552. The van der Waals surface area contributed by atoms with Crippen LogP contribution < -0.4 is 10.0 Å². The number of para-hydroxylation sites is 1. The summed E-state index contributed by atoms with van der Waals surface area (Å²) in [7, 11) is -4.10. The number of hydrogen-bond acceptors (Lipinski definition) is 5. The monoisotopic (exact) mass is 421 g/mol. The maximum absolute atomic E-state index is 13.7. The van der Waals surface area contributed by atoms with Crippen LogP contribution in [0.15, 0.2) is 65.7 Å². The fourth-order valence-electron chi connectivity index (χ4n) is 2.30. The van der Waals surface area contributed by atoms with Crippen molar-refractivity contribution in [3.05, 3.63) is 77.2 Å². The van der Waals surface area contributed by atoms with E-state index in [2.05, 4.69) is 15.0 Å². The molecule has 3 aromatic rings. The highest BCUT2D eigenvalue weighted by molar-refractivity contribution is 7.92. The zero-order valence-corrected chi connectivity index (χ0v) is 15.6. The van der Waals surface area contributed by atoms with Crippen molar-refractivity contribution in [3.63, 3.8) is 0 Å². The highest BCUT2D eigenvalue weighted by Crippen LogP contribution is 2.24. The summed E-state index contributed by atoms with van der Waals surface area (Å²) in [6.45, 7) is 0. The molecule has 144 valence electrons. The molecule has 0 unspecified atom stereocenters. The molecule has 1 aromatic heterocycles. The number of anilines is 3. The van der Waals surface area contributed by atoms with Crippen LogP contribution in [0.1, 0.15) is 10.4 Å². The van der Waals surface area contributed by atoms with Crippen LogP contribution in [0.2, 0.25) is 5.02 Å². The van der Waals surface area contributed by atoms with Gasteiger partial charge in [0.1, 0.15) is 16.5 Å². The van der Waals surface area contributed by atoms with Crippen molar-refractivity contribution < 1.29 is 22.7 Å². The van der Waals surface area contributed by atoms with Crippen molar-refractivity contribution in [3.8, 4) is 0 Å². The van der Waals surface area contributed by atoms with E-state index < -0.39 is 21.8 Å². The van der Waals surface area contributed by atoms with Gasteiger partial charge in [-0.25, -0.2) is 22.6 Å². The van der Waals surface area contributed by atoms with Crippen molar-refractivity contribution in [1.29, 1.82) is 0 Å². The fraction of sp³-hybridized carbons (Fsp3) is 0. The van der Waals surface area contributed by atoms with Crippen molar-refractivity contribution in [2.45, 2.75) is 4.90 Å². The highest BCUT2D eigenvalue weighted by Gasteiger charge is 2.19. The minimum atomic E-state index is -4.10. The Morgan fingerprint density at radius 1 is 1.07 bits per heavy atom. The molecule has 0 saturated carbocycles. The maximum atomic E-state index is 13.7. The molecule has 3 rings (SSSR count). The Labute approximate surface area is 164 Å². The first kappa shape index (κ1) is 19.6. The summed E-state index contributed by atoms with van der Waals surface area (Å²) in [4.78, 5) is 15.1. The number of rotatable bonds is 6. The van der Waals surface area contributed by atoms with Crippen LogP contribution in [-0.2, 0) is 10.0 Å². The number of aromatic nitrogens is 1. The molecule has 0 amide bonds. The lowest BCUT2D eigenvalue weighted by atomic mass is 10.2. The van der Waals surface area contributed by atoms with E-state index in [1.807, 2.05) is 0 Å². The first-order chi connectivity index (χ1) is 13.3. The molecule has 0 aliphatic carbocycles. The number of hydrogen-bond donors (Lipinski definition) is 3. The molecule has 0 bridgehead atoms. The summed E-state index contributed by atoms with van der Waals surface area (Å²) < 4.78 is 40.9. The van der Waals surface area contributed by atoms with Gasteiger partial charge in [0.2, 0.25) is 0 Å². The highest BCUT2D eigenvalue weighted by atomic mass is 35.5. The van der Waals surface area contributed by atoms with Crippen molar-refractivity contribution in [2.75, 3.05) is 10.0 Å². The van der Waals surface area contributed by atoms with E-state index in [0.717, 1.165) is 12.3 Å². The van der Waals surface area contributed by atoms with Crippen LogP contribution in [0.4, 0.5) is 21.6 Å². The summed E-state index contributed by atoms with van der Waals surface area (Å²) in [5.74, 6) is -1.57. The minimum Gasteiger partial charge on any atom is -0.478 e. The van der Waals surface area contributed by atoms with E-state index in [-0.39, 0.29) is 32.7 Å². The lowest BCUT2D eigenvalue weighted by molar-refractivity contribution is 0.0698. The van der Waals surface area contributed by atoms with E-state index >= 15 is 0 Å². The Morgan fingerprint density at radius 2 is 1.82 bits per heavy atom. The smallest absolute Gasteiger partial charge is 0.337 e. The van der Waals surface area contributed by atoms with Gasteiger partial charge in [-0.2, -0.15) is 0 Å². The van der Waals surface area contributed by atoms with Gasteiger partial charge in [0.25, 0.3) is 10.0 Å². The van der Waals surface area contributed by atoms with Crippen molar-refractivity contribution in [1.82, 2.24) is 4.98 Å². The van der Waals surface area contributed by atoms with Crippen LogP contribution in [0.25, 0.3) is 0 Å². The maximum Gasteiger partial charge on any atom is 0.337 e. The zero-order valence-electron chi connectivity index (χ0n) is 14.1. The fourth-order valence-corrected chi connectivity index (χ4v) is 3.50. The Hall–Kier alpha value is -3.17. The molecule has 0 saturated heterocycles. The number of sulfonamides is 1. The van der Waals surface area contributed by atoms with Crippen molar-refractivity contribution in [2.24, 2.45) is 0 Å². The zero-order chi connectivity index (χ0) is 20.3. The van der Waals surface area contributed by atoms with Crippen LogP contribution in [0.5, 0.6) is 0 Å². The molecule has 0 radical (unpaired) electrons. The normalized spacial score (nSPS) is 11.1. The topological polar surface area (TPSA) is 108 Å². The minimum absolute atomic E-state index is 0.134. The van der Waals surface area contributed by atoms with Gasteiger partial charge in [0.05, 0.1) is 16.9 Å². The van der Waals surface area contributed by atoms with Gasteiger partial charge in [-0.15, -0.1) is 0 Å². The third kappa shape index (κ3) is 4.38. The molecule has 0 atom stereocenters.